The van der Waals surface area contributed by atoms with Crippen molar-refractivity contribution in [2.45, 2.75) is 12.8 Å². The van der Waals surface area contributed by atoms with Crippen molar-refractivity contribution in [1.29, 1.82) is 0 Å². The molecule has 1 amide bonds. The molecule has 1 aliphatic rings. The van der Waals surface area contributed by atoms with Crippen LogP contribution in [-0.2, 0) is 27.2 Å². The average Bonchev–Trinajstić information content (AvgIpc) is 2.80. The van der Waals surface area contributed by atoms with Gasteiger partial charge in [-0.2, -0.15) is 0 Å². The number of nitrogens with zero attached hydrogens (tertiary/aromatic N) is 2. The predicted molar refractivity (Wildman–Crippen MR) is 132 cm³/mol. The maximum atomic E-state index is 13.2. The number of aliphatic carboxylic acids is 2. The van der Waals surface area contributed by atoms with Crippen molar-refractivity contribution >= 4 is 41.0 Å². The van der Waals surface area contributed by atoms with Crippen molar-refractivity contribution in [3.05, 3.63) is 81.9 Å². The summed E-state index contributed by atoms with van der Waals surface area (Å²) in [5.41, 5.74) is 2.27. The summed E-state index contributed by atoms with van der Waals surface area (Å²) >= 11 is 12.0. The highest BCUT2D eigenvalue weighted by Crippen LogP contribution is 2.21. The summed E-state index contributed by atoms with van der Waals surface area (Å²) in [7, 11) is 2.10. The highest BCUT2D eigenvalue weighted by atomic mass is 35.5. The van der Waals surface area contributed by atoms with Crippen LogP contribution >= 0.6 is 23.2 Å². The van der Waals surface area contributed by atoms with Gasteiger partial charge in [-0.25, -0.2) is 9.59 Å². The van der Waals surface area contributed by atoms with E-state index < -0.39 is 11.9 Å². The van der Waals surface area contributed by atoms with Crippen LogP contribution in [0.2, 0.25) is 10.0 Å². The standard InChI is InChI=1S/C21H24Cl2N2O.C4H4O4/c1-24-10-12-25(13-11-24)21(26)18(14-16-2-6-19(22)7-3-16)15-17-4-8-20(23)9-5-17;5-3(6)1-2-4(7)8/h2-9,18H,10-15H2,1H3;1-2H,(H,5,6)(H,7,8). The monoisotopic (exact) mass is 506 g/mol. The lowest BCUT2D eigenvalue weighted by molar-refractivity contribution is -0.137. The van der Waals surface area contributed by atoms with Gasteiger partial charge in [0.15, 0.2) is 0 Å². The van der Waals surface area contributed by atoms with Crippen LogP contribution in [-0.4, -0.2) is 71.1 Å². The van der Waals surface area contributed by atoms with Gasteiger partial charge in [-0.15, -0.1) is 0 Å². The van der Waals surface area contributed by atoms with E-state index in [0.29, 0.717) is 35.0 Å². The minimum Gasteiger partial charge on any atom is -0.478 e. The number of benzene rings is 2. The number of piperazine rings is 1. The lowest BCUT2D eigenvalue weighted by Crippen LogP contribution is -2.49. The first kappa shape index (κ1) is 27.4. The number of hydrogen-bond donors (Lipinski definition) is 2. The van der Waals surface area contributed by atoms with E-state index in [-0.39, 0.29) is 11.8 Å². The maximum Gasteiger partial charge on any atom is 0.328 e. The Morgan fingerprint density at radius 1 is 0.794 bits per heavy atom. The highest BCUT2D eigenvalue weighted by Gasteiger charge is 2.27. The predicted octanol–water partition coefficient (Wildman–Crippen LogP) is 3.88. The quantitative estimate of drug-likeness (QED) is 0.552. The molecular formula is C25H28Cl2N2O5. The van der Waals surface area contributed by atoms with E-state index in [0.717, 1.165) is 37.3 Å². The second-order valence-corrected chi connectivity index (χ2v) is 8.87. The third-order valence-electron chi connectivity index (χ3n) is 5.32. The summed E-state index contributed by atoms with van der Waals surface area (Å²) < 4.78 is 0. The van der Waals surface area contributed by atoms with Gasteiger partial charge in [-0.05, 0) is 55.3 Å². The van der Waals surface area contributed by atoms with Crippen molar-refractivity contribution < 1.29 is 24.6 Å². The van der Waals surface area contributed by atoms with Crippen molar-refractivity contribution in [1.82, 2.24) is 9.80 Å². The third kappa shape index (κ3) is 9.95. The Kier molecular flexibility index (Phi) is 11.1. The van der Waals surface area contributed by atoms with Crippen molar-refractivity contribution in [2.24, 2.45) is 5.92 Å². The fraction of sp³-hybridized carbons (Fsp3) is 0.320. The molecule has 1 saturated heterocycles. The number of hydrogen-bond acceptors (Lipinski definition) is 4. The van der Waals surface area contributed by atoms with Crippen LogP contribution in [0, 0.1) is 5.92 Å². The van der Waals surface area contributed by atoms with Gasteiger partial charge in [-0.3, -0.25) is 4.79 Å². The van der Waals surface area contributed by atoms with Gasteiger partial charge in [-0.1, -0.05) is 47.5 Å². The summed E-state index contributed by atoms with van der Waals surface area (Å²) in [6, 6.07) is 15.6. The zero-order valence-corrected chi connectivity index (χ0v) is 20.4. The summed E-state index contributed by atoms with van der Waals surface area (Å²) in [5, 5.41) is 17.1. The molecule has 0 spiro atoms. The molecule has 0 unspecified atom stereocenters. The second-order valence-electron chi connectivity index (χ2n) is 8.00. The van der Waals surface area contributed by atoms with E-state index in [4.69, 9.17) is 33.4 Å². The number of rotatable bonds is 7. The fourth-order valence-electron chi connectivity index (χ4n) is 3.48. The number of halogens is 2. The minimum atomic E-state index is -1.26. The van der Waals surface area contributed by atoms with E-state index in [9.17, 15) is 14.4 Å². The topological polar surface area (TPSA) is 98.2 Å². The number of carboxylic acids is 2. The Hall–Kier alpha value is -2.87. The average molecular weight is 507 g/mol. The molecule has 182 valence electrons. The van der Waals surface area contributed by atoms with Crippen LogP contribution in [0.5, 0.6) is 0 Å². The van der Waals surface area contributed by atoms with Gasteiger partial charge in [0, 0.05) is 54.3 Å². The van der Waals surface area contributed by atoms with Crippen molar-refractivity contribution in [2.75, 3.05) is 33.2 Å². The highest BCUT2D eigenvalue weighted by molar-refractivity contribution is 6.30. The zero-order valence-electron chi connectivity index (χ0n) is 18.9. The summed E-state index contributed by atoms with van der Waals surface area (Å²) in [4.78, 5) is 36.6. The number of likely N-dealkylation sites (N-methyl/N-ethyl adjacent to an activating group) is 1. The molecule has 0 aliphatic carbocycles. The van der Waals surface area contributed by atoms with E-state index in [1.165, 1.54) is 0 Å². The molecule has 0 bridgehead atoms. The van der Waals surface area contributed by atoms with Gasteiger partial charge in [0.2, 0.25) is 5.91 Å². The molecule has 9 heteroatoms. The number of carboxylic acid groups (broad SMARTS) is 2. The second kappa shape index (κ2) is 13.7. The van der Waals surface area contributed by atoms with E-state index in [2.05, 4.69) is 11.9 Å². The molecule has 0 saturated carbocycles. The Morgan fingerprint density at radius 3 is 1.53 bits per heavy atom. The Bertz CT molecular complexity index is 922. The van der Waals surface area contributed by atoms with Crippen molar-refractivity contribution in [3.63, 3.8) is 0 Å². The molecule has 7 nitrogen and oxygen atoms in total. The molecule has 2 aromatic rings. The SMILES string of the molecule is CN1CCN(C(=O)C(Cc2ccc(Cl)cc2)Cc2ccc(Cl)cc2)CC1.O=C(O)C=CC(=O)O. The van der Waals surface area contributed by atoms with E-state index in [1.54, 1.807) is 0 Å². The number of amides is 1. The lowest BCUT2D eigenvalue weighted by Gasteiger charge is -2.34. The van der Waals surface area contributed by atoms with Gasteiger partial charge < -0.3 is 20.0 Å². The van der Waals surface area contributed by atoms with Crippen LogP contribution < -0.4 is 0 Å². The van der Waals surface area contributed by atoms with Crippen molar-refractivity contribution in [3.8, 4) is 0 Å². The molecule has 0 radical (unpaired) electrons. The van der Waals surface area contributed by atoms with E-state index >= 15 is 0 Å². The van der Waals surface area contributed by atoms with Crippen LogP contribution in [0.25, 0.3) is 0 Å². The Labute approximate surface area is 209 Å². The summed E-state index contributed by atoms with van der Waals surface area (Å²) in [6.45, 7) is 3.46. The third-order valence-corrected chi connectivity index (χ3v) is 5.83. The first-order valence-electron chi connectivity index (χ1n) is 10.7. The molecule has 0 aromatic heterocycles. The molecule has 2 N–H and O–H groups in total. The molecule has 1 aliphatic heterocycles. The molecule has 0 atom stereocenters. The zero-order chi connectivity index (χ0) is 25.1. The van der Waals surface area contributed by atoms with Gasteiger partial charge in [0.25, 0.3) is 0 Å². The number of carbonyl (C=O) groups is 3. The summed E-state index contributed by atoms with van der Waals surface area (Å²) in [5.74, 6) is -2.36. The van der Waals surface area contributed by atoms with Crippen LogP contribution in [0.15, 0.2) is 60.7 Å². The van der Waals surface area contributed by atoms with Crippen LogP contribution in [0.3, 0.4) is 0 Å². The summed E-state index contributed by atoms with van der Waals surface area (Å²) in [6.07, 6.45) is 2.54. The minimum absolute atomic E-state index is 0.0826. The molecule has 3 rings (SSSR count). The fourth-order valence-corrected chi connectivity index (χ4v) is 3.74. The van der Waals surface area contributed by atoms with Gasteiger partial charge in [0.1, 0.15) is 0 Å². The first-order valence-corrected chi connectivity index (χ1v) is 11.5. The normalized spacial score (nSPS) is 14.1. The molecule has 2 aromatic carbocycles. The smallest absolute Gasteiger partial charge is 0.328 e. The lowest BCUT2D eigenvalue weighted by atomic mass is 9.91. The van der Waals surface area contributed by atoms with Gasteiger partial charge >= 0.3 is 11.9 Å². The van der Waals surface area contributed by atoms with E-state index in [1.807, 2.05) is 53.4 Å². The van der Waals surface area contributed by atoms with Gasteiger partial charge in [0.05, 0.1) is 0 Å². The Morgan fingerprint density at radius 2 is 1.18 bits per heavy atom. The first-order chi connectivity index (χ1) is 16.1. The number of carbonyl (C=O) groups excluding carboxylic acids is 1. The largest absolute Gasteiger partial charge is 0.478 e. The van der Waals surface area contributed by atoms with Crippen LogP contribution in [0.4, 0.5) is 0 Å². The molecular weight excluding hydrogens is 479 g/mol. The maximum absolute atomic E-state index is 13.2. The molecule has 1 fully saturated rings. The molecule has 34 heavy (non-hydrogen) atoms. The van der Waals surface area contributed by atoms with Crippen LogP contribution in [0.1, 0.15) is 11.1 Å². The Balaban J connectivity index is 0.000000440. The molecule has 1 heterocycles.